The van der Waals surface area contributed by atoms with Crippen LogP contribution in [-0.4, -0.2) is 32.6 Å². The fourth-order valence-electron chi connectivity index (χ4n) is 3.87. The van der Waals surface area contributed by atoms with Crippen LogP contribution in [0.15, 0.2) is 54.6 Å². The quantitative estimate of drug-likeness (QED) is 0.439. The summed E-state index contributed by atoms with van der Waals surface area (Å²) in [6.45, 7) is 1.83. The number of amides is 2. The van der Waals surface area contributed by atoms with E-state index in [1.165, 1.54) is 35.5 Å². The highest BCUT2D eigenvalue weighted by Crippen LogP contribution is 2.27. The van der Waals surface area contributed by atoms with Crippen LogP contribution < -0.4 is 10.6 Å². The summed E-state index contributed by atoms with van der Waals surface area (Å²) < 4.78 is 1.94. The van der Waals surface area contributed by atoms with Crippen molar-refractivity contribution in [2.75, 3.05) is 0 Å². The number of carbonyl (C=O) groups excluding carboxylic acids is 2. The fraction of sp³-hybridized carbons (Fsp3) is 0.261. The lowest BCUT2D eigenvalue weighted by Crippen LogP contribution is -2.44. The second-order valence-electron chi connectivity index (χ2n) is 7.69. The van der Waals surface area contributed by atoms with Crippen molar-refractivity contribution in [2.45, 2.75) is 38.8 Å². The van der Waals surface area contributed by atoms with Crippen LogP contribution in [-0.2, 0) is 24.2 Å². The number of hydrogen-bond acceptors (Lipinski definition) is 5. The maximum Gasteiger partial charge on any atom is 0.270 e. The van der Waals surface area contributed by atoms with Crippen LogP contribution in [0.4, 0.5) is 5.69 Å². The topological polar surface area (TPSA) is 119 Å². The van der Waals surface area contributed by atoms with Crippen molar-refractivity contribution in [1.82, 2.24) is 20.4 Å². The van der Waals surface area contributed by atoms with Crippen molar-refractivity contribution in [3.8, 4) is 5.69 Å². The third-order valence-electron chi connectivity index (χ3n) is 5.50. The number of rotatable bonds is 7. The predicted octanol–water partition coefficient (Wildman–Crippen LogP) is 2.70. The number of non-ortho nitro benzene ring substituents is 1. The van der Waals surface area contributed by atoms with Gasteiger partial charge in [-0.3, -0.25) is 19.7 Å². The van der Waals surface area contributed by atoms with E-state index >= 15 is 0 Å². The molecule has 2 amide bonds. The molecule has 0 spiro atoms. The van der Waals surface area contributed by atoms with Crippen molar-refractivity contribution < 1.29 is 14.5 Å². The van der Waals surface area contributed by atoms with Crippen molar-refractivity contribution >= 4 is 17.5 Å². The molecule has 9 nitrogen and oxygen atoms in total. The first-order chi connectivity index (χ1) is 15.4. The Morgan fingerprint density at radius 2 is 1.94 bits per heavy atom. The number of carbonyl (C=O) groups is 2. The minimum atomic E-state index is -0.814. The van der Waals surface area contributed by atoms with Gasteiger partial charge in [0, 0.05) is 23.4 Å². The minimum Gasteiger partial charge on any atom is -0.349 e. The Balaban J connectivity index is 1.40. The first kappa shape index (κ1) is 21.2. The van der Waals surface area contributed by atoms with Crippen LogP contribution in [0.5, 0.6) is 0 Å². The molecule has 9 heteroatoms. The van der Waals surface area contributed by atoms with Crippen LogP contribution in [0.25, 0.3) is 5.69 Å². The SMILES string of the molecule is CC(NC(=O)c1cccc([N+](=O)[O-])c1)C(=O)NCc1nn(-c2ccccc2)c2c1CCC2. The maximum absolute atomic E-state index is 12.6. The lowest BCUT2D eigenvalue weighted by atomic mass is 10.1. The molecule has 0 aliphatic heterocycles. The molecule has 1 unspecified atom stereocenters. The molecular formula is C23H23N5O4. The van der Waals surface area contributed by atoms with E-state index in [0.29, 0.717) is 0 Å². The highest BCUT2D eigenvalue weighted by atomic mass is 16.6. The Labute approximate surface area is 184 Å². The number of nitrogens with one attached hydrogen (secondary N) is 2. The Kier molecular flexibility index (Phi) is 5.98. The van der Waals surface area contributed by atoms with Crippen molar-refractivity contribution in [1.29, 1.82) is 0 Å². The van der Waals surface area contributed by atoms with Crippen molar-refractivity contribution in [3.63, 3.8) is 0 Å². The zero-order valence-corrected chi connectivity index (χ0v) is 17.6. The Morgan fingerprint density at radius 3 is 2.69 bits per heavy atom. The van der Waals surface area contributed by atoms with Crippen molar-refractivity contribution in [3.05, 3.63) is 87.2 Å². The molecule has 32 heavy (non-hydrogen) atoms. The van der Waals surface area contributed by atoms with Gasteiger partial charge in [0.2, 0.25) is 5.91 Å². The van der Waals surface area contributed by atoms with Gasteiger partial charge in [-0.25, -0.2) is 4.68 Å². The molecule has 3 aromatic rings. The number of hydrogen-bond donors (Lipinski definition) is 2. The summed E-state index contributed by atoms with van der Waals surface area (Å²) >= 11 is 0. The van der Waals surface area contributed by atoms with E-state index < -0.39 is 16.9 Å². The molecule has 1 atom stereocenters. The normalized spacial score (nSPS) is 13.3. The van der Waals surface area contributed by atoms with E-state index in [4.69, 9.17) is 5.10 Å². The minimum absolute atomic E-state index is 0.123. The molecule has 2 aromatic carbocycles. The fourth-order valence-corrected chi connectivity index (χ4v) is 3.87. The van der Waals surface area contributed by atoms with Gasteiger partial charge in [-0.05, 0) is 49.9 Å². The van der Waals surface area contributed by atoms with Gasteiger partial charge >= 0.3 is 0 Å². The average molecular weight is 433 g/mol. The molecule has 0 saturated heterocycles. The standard InChI is InChI=1S/C23H23N5O4/c1-15(25-23(30)16-7-5-10-18(13-16)28(31)32)22(29)24-14-20-19-11-6-12-21(19)27(26-20)17-8-3-2-4-9-17/h2-5,7-10,13,15H,6,11-12,14H2,1H3,(H,24,29)(H,25,30). The summed E-state index contributed by atoms with van der Waals surface area (Å²) in [7, 11) is 0. The summed E-state index contributed by atoms with van der Waals surface area (Å²) in [4.78, 5) is 35.3. The average Bonchev–Trinajstić information content (AvgIpc) is 3.41. The highest BCUT2D eigenvalue weighted by molar-refractivity contribution is 5.97. The van der Waals surface area contributed by atoms with Gasteiger partial charge in [-0.15, -0.1) is 0 Å². The third kappa shape index (κ3) is 4.36. The summed E-state index contributed by atoms with van der Waals surface area (Å²) in [5.74, 6) is -0.907. The summed E-state index contributed by atoms with van der Waals surface area (Å²) in [6.07, 6.45) is 2.92. The number of nitro benzene ring substituents is 1. The van der Waals surface area contributed by atoms with E-state index in [-0.39, 0.29) is 23.7 Å². The Hall–Kier alpha value is -4.01. The maximum atomic E-state index is 12.6. The van der Waals surface area contributed by atoms with Gasteiger partial charge < -0.3 is 10.6 Å². The first-order valence-corrected chi connectivity index (χ1v) is 10.4. The van der Waals surface area contributed by atoms with Crippen LogP contribution >= 0.6 is 0 Å². The van der Waals surface area contributed by atoms with Gasteiger partial charge in [0.1, 0.15) is 6.04 Å². The lowest BCUT2D eigenvalue weighted by Gasteiger charge is -2.14. The molecular weight excluding hydrogens is 410 g/mol. The monoisotopic (exact) mass is 433 g/mol. The van der Waals surface area contributed by atoms with E-state index in [2.05, 4.69) is 10.6 Å². The van der Waals surface area contributed by atoms with E-state index in [1.807, 2.05) is 35.0 Å². The van der Waals surface area contributed by atoms with Gasteiger partial charge in [0.15, 0.2) is 0 Å². The summed E-state index contributed by atoms with van der Waals surface area (Å²) in [5.41, 5.74) is 4.10. The second kappa shape index (κ2) is 9.01. The molecule has 0 saturated carbocycles. The molecule has 1 heterocycles. The van der Waals surface area contributed by atoms with Crippen LogP contribution in [0.2, 0.25) is 0 Å². The molecule has 164 valence electrons. The molecule has 0 bridgehead atoms. The first-order valence-electron chi connectivity index (χ1n) is 10.4. The van der Waals surface area contributed by atoms with E-state index in [1.54, 1.807) is 6.92 Å². The van der Waals surface area contributed by atoms with Gasteiger partial charge in [0.05, 0.1) is 22.8 Å². The zero-order chi connectivity index (χ0) is 22.7. The number of nitro groups is 1. The summed E-state index contributed by atoms with van der Waals surface area (Å²) in [5, 5.41) is 21.0. The number of nitrogens with zero attached hydrogens (tertiary/aromatic N) is 3. The molecule has 4 rings (SSSR count). The summed E-state index contributed by atoms with van der Waals surface area (Å²) in [6, 6.07) is 14.5. The number of fused-ring (bicyclic) bond motifs is 1. The smallest absolute Gasteiger partial charge is 0.270 e. The van der Waals surface area contributed by atoms with E-state index in [0.717, 1.165) is 30.6 Å². The predicted molar refractivity (Wildman–Crippen MR) is 117 cm³/mol. The Morgan fingerprint density at radius 1 is 1.16 bits per heavy atom. The zero-order valence-electron chi connectivity index (χ0n) is 17.6. The number of aromatic nitrogens is 2. The Bertz CT molecular complexity index is 1170. The molecule has 1 aromatic heterocycles. The lowest BCUT2D eigenvalue weighted by molar-refractivity contribution is -0.384. The van der Waals surface area contributed by atoms with E-state index in [9.17, 15) is 19.7 Å². The van der Waals surface area contributed by atoms with Gasteiger partial charge in [-0.1, -0.05) is 24.3 Å². The molecule has 2 N–H and O–H groups in total. The van der Waals surface area contributed by atoms with Gasteiger partial charge in [0.25, 0.3) is 11.6 Å². The third-order valence-corrected chi connectivity index (χ3v) is 5.50. The molecule has 1 aliphatic carbocycles. The van der Waals surface area contributed by atoms with Crippen molar-refractivity contribution in [2.24, 2.45) is 0 Å². The molecule has 0 radical (unpaired) electrons. The second-order valence-corrected chi connectivity index (χ2v) is 7.69. The number of para-hydroxylation sites is 1. The number of benzene rings is 2. The highest BCUT2D eigenvalue weighted by Gasteiger charge is 2.24. The van der Waals surface area contributed by atoms with Crippen LogP contribution in [0.1, 0.15) is 40.7 Å². The molecule has 1 aliphatic rings. The molecule has 0 fully saturated rings. The van der Waals surface area contributed by atoms with Crippen LogP contribution in [0, 0.1) is 10.1 Å². The largest absolute Gasteiger partial charge is 0.349 e. The van der Waals surface area contributed by atoms with Crippen LogP contribution in [0.3, 0.4) is 0 Å². The van der Waals surface area contributed by atoms with Gasteiger partial charge in [-0.2, -0.15) is 5.10 Å².